The highest BCUT2D eigenvalue weighted by Gasteiger charge is 2.16. The molecule has 0 amide bonds. The van der Waals surface area contributed by atoms with Crippen molar-refractivity contribution in [2.24, 2.45) is 0 Å². The normalized spacial score (nSPS) is 9.93. The summed E-state index contributed by atoms with van der Waals surface area (Å²) < 4.78 is 19.1. The van der Waals surface area contributed by atoms with E-state index in [4.69, 9.17) is 13.3 Å². The van der Waals surface area contributed by atoms with Crippen molar-refractivity contribution in [1.29, 1.82) is 0 Å². The summed E-state index contributed by atoms with van der Waals surface area (Å²) in [5.74, 6) is 2.31. The zero-order chi connectivity index (χ0) is 116. The molecule has 0 spiro atoms. The van der Waals surface area contributed by atoms with Crippen molar-refractivity contribution in [1.82, 2.24) is 59.8 Å². The van der Waals surface area contributed by atoms with E-state index in [1.54, 1.807) is 92.2 Å². The summed E-state index contributed by atoms with van der Waals surface area (Å²) in [7, 11) is 0. The molecule has 0 saturated heterocycles. The van der Waals surface area contributed by atoms with E-state index in [2.05, 4.69) is 149 Å². The van der Waals surface area contributed by atoms with Crippen molar-refractivity contribution in [3.05, 3.63) is 295 Å². The predicted molar refractivity (Wildman–Crippen MR) is 691 cm³/mol. The highest BCUT2D eigenvalue weighted by Crippen LogP contribution is 2.28. The molecular formula is C128H222N12O3S6. The lowest BCUT2D eigenvalue weighted by Crippen LogP contribution is -1.74. The summed E-state index contributed by atoms with van der Waals surface area (Å²) in [6.45, 7) is 96.0. The van der Waals surface area contributed by atoms with Gasteiger partial charge in [-0.25, -0.2) is 34.9 Å². The van der Waals surface area contributed by atoms with E-state index >= 15 is 0 Å². The maximum atomic E-state index is 5.18. The Bertz CT molecular complexity index is 4310. The van der Waals surface area contributed by atoms with Crippen molar-refractivity contribution in [3.8, 4) is 0 Å². The Balaban J connectivity index is -0.000000133. The monoisotopic (exact) mass is 2170 g/mol. The summed E-state index contributed by atoms with van der Waals surface area (Å²) in [6.07, 6.45) is 36.4. The van der Waals surface area contributed by atoms with E-state index in [-0.39, 0.29) is 0 Å². The Labute approximate surface area is 939 Å². The van der Waals surface area contributed by atoms with Crippen molar-refractivity contribution >= 4 is 131 Å². The molecule has 0 atom stereocenters. The Morgan fingerprint density at radius 2 is 0.711 bits per heavy atom. The van der Waals surface area contributed by atoms with Crippen LogP contribution in [0.15, 0.2) is 242 Å². The van der Waals surface area contributed by atoms with Crippen LogP contribution in [0, 0.1) is 0 Å². The number of thiophene rings is 3. The SMILES string of the molecule is CC.CC.CC.CC.CC.CC.CC.CC.CC.CC.CC.CC.CC.CC.CC.CC.CC.CC.CC.CC.CC.CC.CC.CC.c1cc2c([nH]1)CCC2.c1cc2c(o1)CCC2.c1cc2c(s1)CCC2.c1cc2ncsc2s1.c1ccc2[nH]ccc2c1.c1ccc2[nH]cnc2c1.c1ccc2sccc2c1.c1ccc2scnc2c1.c1cnc2ncoc2c1.c1nc2c([nH]1)CCC2.c1nc2c(o1)CCC2.c1nc2c(s1)CCC2. The van der Waals surface area contributed by atoms with Gasteiger partial charge in [-0.3, -0.25) is 0 Å². The number of furan rings is 1. The van der Waals surface area contributed by atoms with Gasteiger partial charge >= 0.3 is 0 Å². The van der Waals surface area contributed by atoms with Crippen LogP contribution in [0.25, 0.3) is 63.0 Å². The molecule has 0 saturated carbocycles. The van der Waals surface area contributed by atoms with E-state index in [1.807, 2.05) is 445 Å². The lowest BCUT2D eigenvalue weighted by Gasteiger charge is -1.83. The summed E-state index contributed by atoms with van der Waals surface area (Å²) in [5.41, 5.74) is 23.8. The average Bonchev–Trinajstić information content (AvgIpc) is 1.73. The van der Waals surface area contributed by atoms with Crippen molar-refractivity contribution in [2.45, 2.75) is 448 Å². The molecular weight excluding hydrogens is 1950 g/mol. The number of pyridine rings is 1. The Hall–Kier alpha value is -9.74. The van der Waals surface area contributed by atoms with Crippen LogP contribution in [-0.2, 0) is 77.0 Å². The number of rotatable bonds is 0. The molecule has 14 aromatic heterocycles. The van der Waals surface area contributed by atoms with Crippen molar-refractivity contribution in [3.63, 3.8) is 0 Å². The molecule has 6 aliphatic carbocycles. The third kappa shape index (κ3) is 73.2. The number of hydrogen-bond acceptors (Lipinski definition) is 17. The molecule has 14 heterocycles. The number of imidazole rings is 2. The largest absolute Gasteiger partial charge is 0.469 e. The summed E-state index contributed by atoms with van der Waals surface area (Å²) >= 11 is 10.6. The van der Waals surface area contributed by atoms with Gasteiger partial charge in [0.15, 0.2) is 24.0 Å². The van der Waals surface area contributed by atoms with Gasteiger partial charge in [0.2, 0.25) is 0 Å². The van der Waals surface area contributed by atoms with Crippen LogP contribution in [0.1, 0.15) is 437 Å². The van der Waals surface area contributed by atoms with Gasteiger partial charge in [0, 0.05) is 62.8 Å². The van der Waals surface area contributed by atoms with Gasteiger partial charge in [0.1, 0.15) is 15.5 Å². The second-order valence-corrected chi connectivity index (χ2v) is 29.8. The van der Waals surface area contributed by atoms with Crippen LogP contribution in [-0.4, -0.2) is 59.8 Å². The molecule has 848 valence electrons. The van der Waals surface area contributed by atoms with Gasteiger partial charge in [-0.05, 0) is 231 Å². The quantitative estimate of drug-likeness (QED) is 0.112. The maximum Gasteiger partial charge on any atom is 0.198 e. The second-order valence-electron chi connectivity index (χ2n) is 24.0. The van der Waals surface area contributed by atoms with E-state index in [0.717, 1.165) is 52.7 Å². The zero-order valence-corrected chi connectivity index (χ0v) is 109. The first-order valence-electron chi connectivity index (χ1n) is 58.2. The molecule has 0 aliphatic heterocycles. The first-order chi connectivity index (χ1) is 74.1. The minimum absolute atomic E-state index is 0.664. The standard InChI is InChI=1S/C8H7N.C8H6S.C7H6N2.C7H5NS.C7H9N.C7H8O.C7H8S.C6H4N2O.C6H8N2.C6H7NO.C6H7NS.C5H3NS2.24C2H6/c2*1-2-4-8-7(3-1)5-6-9-8;2*1-2-4-7-6(3-1)8-5-9-7;3*1-2-6-4-5-8-7(6)3-1;1-2-5-6(7-3-1)8-4-9-5;3*1-2-5-6(3-1)8-4-7-5;1-2-7-5-4(1)6-3-8-5;24*1-2/h1-6,9H;1-6H;1-5H,(H,8,9);1-5H;4-5,8H,1-3H2;2*4-5H,1-3H2;1-4H;4H,1-3H2,(H,7,8);2*4H,1-3H2;1-3H;24*1-2H3. The van der Waals surface area contributed by atoms with E-state index in [1.165, 1.54) is 189 Å². The molecule has 4 N–H and O–H groups in total. The fourth-order valence-electron chi connectivity index (χ4n) is 12.2. The predicted octanol–water partition coefficient (Wildman–Crippen LogP) is 46.3. The fraction of sp³-hybridized carbons (Fsp3) is 0.516. The van der Waals surface area contributed by atoms with E-state index < -0.39 is 0 Å². The van der Waals surface area contributed by atoms with Gasteiger partial charge in [-0.15, -0.1) is 68.0 Å². The number of oxazole rings is 2. The first-order valence-corrected chi connectivity index (χ1v) is 63.5. The number of nitrogens with one attached hydrogen (secondary N) is 4. The maximum absolute atomic E-state index is 5.18. The Kier molecular flexibility index (Phi) is 148. The van der Waals surface area contributed by atoms with Crippen LogP contribution >= 0.6 is 68.0 Å². The first kappa shape index (κ1) is 164. The van der Waals surface area contributed by atoms with Gasteiger partial charge in [0.25, 0.3) is 0 Å². The molecule has 149 heavy (non-hydrogen) atoms. The number of H-pyrrole nitrogens is 4. The summed E-state index contributed by atoms with van der Waals surface area (Å²) in [4.78, 5) is 48.1. The summed E-state index contributed by atoms with van der Waals surface area (Å²) in [6, 6.07) is 49.1. The molecule has 24 rings (SSSR count). The van der Waals surface area contributed by atoms with Gasteiger partial charge in [-0.2, -0.15) is 4.98 Å². The third-order valence-electron chi connectivity index (χ3n) is 17.4. The van der Waals surface area contributed by atoms with Gasteiger partial charge in [0.05, 0.1) is 79.3 Å². The second kappa shape index (κ2) is 134. The van der Waals surface area contributed by atoms with E-state index in [9.17, 15) is 0 Å². The van der Waals surface area contributed by atoms with Crippen LogP contribution < -0.4 is 0 Å². The number of aryl methyl sites for hydroxylation is 12. The molecule has 0 bridgehead atoms. The Morgan fingerprint density at radius 3 is 1.28 bits per heavy atom. The number of hydrogen-bond donors (Lipinski definition) is 4. The van der Waals surface area contributed by atoms with E-state index in [0.29, 0.717) is 5.65 Å². The van der Waals surface area contributed by atoms with Crippen LogP contribution in [0.2, 0.25) is 0 Å². The minimum Gasteiger partial charge on any atom is -0.469 e. The van der Waals surface area contributed by atoms with Crippen LogP contribution in [0.5, 0.6) is 0 Å². The van der Waals surface area contributed by atoms with Gasteiger partial charge < -0.3 is 33.2 Å². The number of aromatic amines is 4. The Morgan fingerprint density at radius 1 is 0.242 bits per heavy atom. The van der Waals surface area contributed by atoms with Crippen molar-refractivity contribution < 1.29 is 13.3 Å². The highest BCUT2D eigenvalue weighted by atomic mass is 32.2. The molecule has 0 radical (unpaired) electrons. The lowest BCUT2D eigenvalue weighted by atomic mass is 10.3. The molecule has 0 fully saturated rings. The number of para-hydroxylation sites is 4. The highest BCUT2D eigenvalue weighted by molar-refractivity contribution is 7.36. The molecule has 4 aromatic carbocycles. The summed E-state index contributed by atoms with van der Waals surface area (Å²) in [5, 5.41) is 9.00. The number of thiazole rings is 3. The lowest BCUT2D eigenvalue weighted by molar-refractivity contribution is 0.508. The number of benzene rings is 4. The molecule has 21 heteroatoms. The molecule has 18 aromatic rings. The average molecular weight is 2170 g/mol. The number of fused-ring (bicyclic) bond motifs is 12. The smallest absolute Gasteiger partial charge is 0.198 e. The third-order valence-corrected chi connectivity index (χ3v) is 22.9. The molecule has 15 nitrogen and oxygen atoms in total. The van der Waals surface area contributed by atoms with Crippen molar-refractivity contribution in [2.75, 3.05) is 0 Å². The number of aromatic nitrogens is 12. The van der Waals surface area contributed by atoms with Crippen LogP contribution in [0.4, 0.5) is 0 Å². The number of nitrogens with zero attached hydrogens (tertiary/aromatic N) is 8. The fourth-order valence-corrected chi connectivity index (χ4v) is 17.1. The zero-order valence-electron chi connectivity index (χ0n) is 104. The molecule has 6 aliphatic rings. The van der Waals surface area contributed by atoms with Crippen LogP contribution in [0.3, 0.4) is 0 Å². The van der Waals surface area contributed by atoms with Gasteiger partial charge in [-0.1, -0.05) is 393 Å². The minimum atomic E-state index is 0.664. The topological polar surface area (TPSA) is 206 Å². The molecule has 0 unspecified atom stereocenters.